The molecule has 0 fully saturated rings. The average molecular weight is 291 g/mol. The van der Waals surface area contributed by atoms with E-state index in [1.165, 1.54) is 24.3 Å². The van der Waals surface area contributed by atoms with Gasteiger partial charge in [-0.2, -0.15) is 0 Å². The molecule has 2 aromatic carbocycles. The van der Waals surface area contributed by atoms with Crippen LogP contribution in [0.1, 0.15) is 24.5 Å². The second kappa shape index (κ2) is 7.18. The van der Waals surface area contributed by atoms with E-state index in [0.717, 1.165) is 12.0 Å². The van der Waals surface area contributed by atoms with Gasteiger partial charge in [-0.25, -0.2) is 8.78 Å². The summed E-state index contributed by atoms with van der Waals surface area (Å²) in [5.74, 6) is -0.243. The molecule has 0 aliphatic rings. The number of hydrogen-bond donors (Lipinski definition) is 1. The van der Waals surface area contributed by atoms with Gasteiger partial charge in [-0.15, -0.1) is 0 Å². The molecule has 0 aliphatic carbocycles. The maximum atomic E-state index is 13.6. The van der Waals surface area contributed by atoms with Crippen molar-refractivity contribution in [2.45, 2.75) is 32.4 Å². The molecule has 0 heterocycles. The first kappa shape index (κ1) is 15.4. The summed E-state index contributed by atoms with van der Waals surface area (Å²) in [6.07, 6.45) is 1.43. The summed E-state index contributed by atoms with van der Waals surface area (Å²) < 4.78 is 32.2. The number of ether oxygens (including phenoxy) is 1. The molecule has 2 aromatic rings. The third-order valence-electron chi connectivity index (χ3n) is 3.25. The van der Waals surface area contributed by atoms with E-state index in [-0.39, 0.29) is 24.3 Å². The van der Waals surface area contributed by atoms with E-state index in [2.05, 4.69) is 0 Å². The summed E-state index contributed by atoms with van der Waals surface area (Å²) in [5, 5.41) is 0. The molecule has 1 atom stereocenters. The molecule has 4 heteroatoms. The third kappa shape index (κ3) is 4.83. The van der Waals surface area contributed by atoms with E-state index < -0.39 is 0 Å². The Kier molecular flexibility index (Phi) is 5.28. The van der Waals surface area contributed by atoms with Gasteiger partial charge in [-0.3, -0.25) is 0 Å². The van der Waals surface area contributed by atoms with Gasteiger partial charge in [0.2, 0.25) is 0 Å². The third-order valence-corrected chi connectivity index (χ3v) is 3.25. The molecule has 0 aliphatic heterocycles. The smallest absolute Gasteiger partial charge is 0.127 e. The lowest BCUT2D eigenvalue weighted by Gasteiger charge is -2.12. The van der Waals surface area contributed by atoms with E-state index in [4.69, 9.17) is 10.5 Å². The van der Waals surface area contributed by atoms with Crippen LogP contribution >= 0.6 is 0 Å². The first-order valence-corrected chi connectivity index (χ1v) is 6.99. The van der Waals surface area contributed by atoms with Gasteiger partial charge in [-0.05, 0) is 48.2 Å². The van der Waals surface area contributed by atoms with E-state index in [1.807, 2.05) is 6.92 Å². The minimum atomic E-state index is -0.356. The van der Waals surface area contributed by atoms with Gasteiger partial charge >= 0.3 is 0 Å². The summed E-state index contributed by atoms with van der Waals surface area (Å²) in [5.41, 5.74) is 7.39. The van der Waals surface area contributed by atoms with Gasteiger partial charge < -0.3 is 10.5 Å². The van der Waals surface area contributed by atoms with Crippen LogP contribution in [0.25, 0.3) is 0 Å². The average Bonchev–Trinajstić information content (AvgIpc) is 2.44. The first-order valence-electron chi connectivity index (χ1n) is 6.99. The number of hydrogen-bond acceptors (Lipinski definition) is 2. The minimum absolute atomic E-state index is 0.00266. The highest BCUT2D eigenvalue weighted by Crippen LogP contribution is 2.19. The fraction of sp³-hybridized carbons (Fsp3) is 0.294. The Bertz CT molecular complexity index is 601. The Morgan fingerprint density at radius 1 is 1.05 bits per heavy atom. The zero-order valence-corrected chi connectivity index (χ0v) is 12.0. The molecular weight excluding hydrogens is 272 g/mol. The summed E-state index contributed by atoms with van der Waals surface area (Å²) in [6, 6.07) is 10.7. The fourth-order valence-electron chi connectivity index (χ4n) is 2.06. The van der Waals surface area contributed by atoms with Crippen LogP contribution in [0.15, 0.2) is 42.5 Å². The number of halogens is 2. The maximum Gasteiger partial charge on any atom is 0.127 e. The highest BCUT2D eigenvalue weighted by Gasteiger charge is 2.06. The molecule has 2 N–H and O–H groups in total. The normalized spacial score (nSPS) is 12.2. The van der Waals surface area contributed by atoms with Gasteiger partial charge in [0.1, 0.15) is 24.0 Å². The van der Waals surface area contributed by atoms with E-state index in [1.54, 1.807) is 18.2 Å². The molecular formula is C17H19F2NO. The standard InChI is InChI=1S/C17H19F2NO/c1-2-16(20)8-13-7-15(19)10-17(9-13)21-11-12-4-3-5-14(18)6-12/h3-7,9-10,16H,2,8,11,20H2,1H3. The molecule has 0 saturated heterocycles. The van der Waals surface area contributed by atoms with Crippen LogP contribution in [0.2, 0.25) is 0 Å². The Morgan fingerprint density at radius 3 is 2.52 bits per heavy atom. The molecule has 0 saturated carbocycles. The topological polar surface area (TPSA) is 35.2 Å². The lowest BCUT2D eigenvalue weighted by atomic mass is 10.0. The van der Waals surface area contributed by atoms with Crippen LogP contribution in [0.3, 0.4) is 0 Å². The van der Waals surface area contributed by atoms with Gasteiger partial charge in [0, 0.05) is 12.1 Å². The summed E-state index contributed by atoms with van der Waals surface area (Å²) in [4.78, 5) is 0. The van der Waals surface area contributed by atoms with Crippen LogP contribution < -0.4 is 10.5 Å². The Hall–Kier alpha value is -1.94. The second-order valence-electron chi connectivity index (χ2n) is 5.09. The lowest BCUT2D eigenvalue weighted by Crippen LogP contribution is -2.21. The van der Waals surface area contributed by atoms with Gasteiger partial charge in [0.25, 0.3) is 0 Å². The molecule has 112 valence electrons. The van der Waals surface area contributed by atoms with Crippen molar-refractivity contribution in [1.29, 1.82) is 0 Å². The molecule has 0 radical (unpaired) electrons. The Morgan fingerprint density at radius 2 is 1.81 bits per heavy atom. The van der Waals surface area contributed by atoms with Gasteiger partial charge in [0.15, 0.2) is 0 Å². The van der Waals surface area contributed by atoms with Crippen LogP contribution in [0.4, 0.5) is 8.78 Å². The van der Waals surface area contributed by atoms with Crippen molar-refractivity contribution in [3.8, 4) is 5.75 Å². The second-order valence-corrected chi connectivity index (χ2v) is 5.09. The summed E-state index contributed by atoms with van der Waals surface area (Å²) in [6.45, 7) is 2.19. The molecule has 0 amide bonds. The molecule has 2 rings (SSSR count). The van der Waals surface area contributed by atoms with Crippen molar-refractivity contribution >= 4 is 0 Å². The van der Waals surface area contributed by atoms with Crippen molar-refractivity contribution in [2.24, 2.45) is 5.73 Å². The zero-order chi connectivity index (χ0) is 15.2. The van der Waals surface area contributed by atoms with Crippen molar-refractivity contribution in [3.05, 3.63) is 65.2 Å². The summed E-state index contributed by atoms with van der Waals surface area (Å²) in [7, 11) is 0. The highest BCUT2D eigenvalue weighted by molar-refractivity contribution is 5.30. The van der Waals surface area contributed by atoms with Crippen LogP contribution in [0.5, 0.6) is 5.75 Å². The lowest BCUT2D eigenvalue weighted by molar-refractivity contribution is 0.303. The number of rotatable bonds is 6. The van der Waals surface area contributed by atoms with E-state index in [0.29, 0.717) is 17.7 Å². The largest absolute Gasteiger partial charge is 0.489 e. The van der Waals surface area contributed by atoms with E-state index >= 15 is 0 Å². The monoisotopic (exact) mass is 291 g/mol. The van der Waals surface area contributed by atoms with Crippen molar-refractivity contribution < 1.29 is 13.5 Å². The van der Waals surface area contributed by atoms with Crippen LogP contribution in [-0.4, -0.2) is 6.04 Å². The van der Waals surface area contributed by atoms with Crippen molar-refractivity contribution in [2.75, 3.05) is 0 Å². The van der Waals surface area contributed by atoms with E-state index in [9.17, 15) is 8.78 Å². The minimum Gasteiger partial charge on any atom is -0.489 e. The molecule has 0 aromatic heterocycles. The number of nitrogens with two attached hydrogens (primary N) is 1. The number of benzene rings is 2. The fourth-order valence-corrected chi connectivity index (χ4v) is 2.06. The van der Waals surface area contributed by atoms with Gasteiger partial charge in [0.05, 0.1) is 0 Å². The quantitative estimate of drug-likeness (QED) is 0.878. The SMILES string of the molecule is CCC(N)Cc1cc(F)cc(OCc2cccc(F)c2)c1. The zero-order valence-electron chi connectivity index (χ0n) is 12.0. The first-order chi connectivity index (χ1) is 10.1. The van der Waals surface area contributed by atoms with Gasteiger partial charge in [-0.1, -0.05) is 19.1 Å². The Balaban J connectivity index is 2.06. The predicted molar refractivity (Wildman–Crippen MR) is 79.1 cm³/mol. The summed E-state index contributed by atoms with van der Waals surface area (Å²) >= 11 is 0. The van der Waals surface area contributed by atoms with Crippen LogP contribution in [-0.2, 0) is 13.0 Å². The molecule has 0 spiro atoms. The molecule has 2 nitrogen and oxygen atoms in total. The van der Waals surface area contributed by atoms with Crippen molar-refractivity contribution in [3.63, 3.8) is 0 Å². The Labute approximate surface area is 123 Å². The maximum absolute atomic E-state index is 13.6. The van der Waals surface area contributed by atoms with Crippen molar-refractivity contribution in [1.82, 2.24) is 0 Å². The van der Waals surface area contributed by atoms with Crippen LogP contribution in [0, 0.1) is 11.6 Å². The molecule has 0 bridgehead atoms. The highest BCUT2D eigenvalue weighted by atomic mass is 19.1. The molecule has 21 heavy (non-hydrogen) atoms. The molecule has 1 unspecified atom stereocenters. The predicted octanol–water partition coefficient (Wildman–Crippen LogP) is 3.82.